The Balaban J connectivity index is 2.54. The van der Waals surface area contributed by atoms with Gasteiger partial charge in [-0.3, -0.25) is 0 Å². The van der Waals surface area contributed by atoms with Gasteiger partial charge in [0.1, 0.15) is 5.75 Å². The molecule has 0 amide bonds. The highest BCUT2D eigenvalue weighted by Gasteiger charge is 2.02. The second-order valence-corrected chi connectivity index (χ2v) is 2.55. The van der Waals surface area contributed by atoms with Crippen LogP contribution in [0.4, 0.5) is 0 Å². The SMILES string of the molecule is Oc1ccccc1-c1cnnnc1. The maximum absolute atomic E-state index is 9.49. The second-order valence-electron chi connectivity index (χ2n) is 2.55. The topological polar surface area (TPSA) is 58.9 Å². The Bertz CT molecular complexity index is 403. The molecule has 4 heteroatoms. The van der Waals surface area contributed by atoms with Gasteiger partial charge in [-0.15, -0.1) is 10.2 Å². The van der Waals surface area contributed by atoms with Gasteiger partial charge in [-0.05, 0) is 11.3 Å². The number of phenols is 1. The third-order valence-electron chi connectivity index (χ3n) is 1.71. The molecule has 0 fully saturated rings. The summed E-state index contributed by atoms with van der Waals surface area (Å²) in [6.45, 7) is 0. The molecule has 1 aromatic carbocycles. The van der Waals surface area contributed by atoms with Crippen LogP contribution < -0.4 is 0 Å². The first-order valence-corrected chi connectivity index (χ1v) is 3.79. The van der Waals surface area contributed by atoms with E-state index in [1.807, 2.05) is 6.07 Å². The van der Waals surface area contributed by atoms with Crippen molar-refractivity contribution in [3.63, 3.8) is 0 Å². The predicted octanol–water partition coefficient (Wildman–Crippen LogP) is 1.24. The Morgan fingerprint density at radius 1 is 1.00 bits per heavy atom. The number of benzene rings is 1. The molecular weight excluding hydrogens is 166 g/mol. The summed E-state index contributed by atoms with van der Waals surface area (Å²) >= 11 is 0. The fourth-order valence-corrected chi connectivity index (χ4v) is 1.10. The number of hydrogen-bond acceptors (Lipinski definition) is 4. The van der Waals surface area contributed by atoms with Gasteiger partial charge in [-0.2, -0.15) is 0 Å². The van der Waals surface area contributed by atoms with Crippen LogP contribution >= 0.6 is 0 Å². The van der Waals surface area contributed by atoms with Gasteiger partial charge in [0.25, 0.3) is 0 Å². The van der Waals surface area contributed by atoms with E-state index in [0.717, 1.165) is 5.56 Å². The fraction of sp³-hybridized carbons (Fsp3) is 0. The van der Waals surface area contributed by atoms with Gasteiger partial charge in [-0.1, -0.05) is 18.2 Å². The molecule has 0 saturated heterocycles. The van der Waals surface area contributed by atoms with Crippen LogP contribution in [0.2, 0.25) is 0 Å². The third kappa shape index (κ3) is 1.46. The normalized spacial score (nSPS) is 9.85. The Morgan fingerprint density at radius 2 is 1.69 bits per heavy atom. The van der Waals surface area contributed by atoms with E-state index in [1.165, 1.54) is 0 Å². The highest BCUT2D eigenvalue weighted by molar-refractivity contribution is 5.68. The van der Waals surface area contributed by atoms with Gasteiger partial charge in [0.2, 0.25) is 0 Å². The Kier molecular flexibility index (Phi) is 1.88. The average Bonchev–Trinajstić information content (AvgIpc) is 2.20. The van der Waals surface area contributed by atoms with Gasteiger partial charge in [0.05, 0.1) is 12.4 Å². The van der Waals surface area contributed by atoms with Crippen LogP contribution in [0.25, 0.3) is 11.1 Å². The minimum atomic E-state index is 0.220. The van der Waals surface area contributed by atoms with Crippen LogP contribution in [0, 0.1) is 0 Å². The van der Waals surface area contributed by atoms with Gasteiger partial charge in [-0.25, -0.2) is 0 Å². The van der Waals surface area contributed by atoms with E-state index in [1.54, 1.807) is 30.6 Å². The summed E-state index contributed by atoms with van der Waals surface area (Å²) in [5.41, 5.74) is 1.47. The second kappa shape index (κ2) is 3.18. The Hall–Kier alpha value is -1.97. The lowest BCUT2D eigenvalue weighted by atomic mass is 10.1. The summed E-state index contributed by atoms with van der Waals surface area (Å²) in [5.74, 6) is 0.220. The summed E-state index contributed by atoms with van der Waals surface area (Å²) in [7, 11) is 0. The molecule has 1 aromatic heterocycles. The summed E-state index contributed by atoms with van der Waals surface area (Å²) in [5, 5.41) is 20.2. The summed E-state index contributed by atoms with van der Waals surface area (Å²) in [6, 6.07) is 7.03. The number of rotatable bonds is 1. The van der Waals surface area contributed by atoms with E-state index in [4.69, 9.17) is 0 Å². The maximum atomic E-state index is 9.49. The first kappa shape index (κ1) is 7.67. The van der Waals surface area contributed by atoms with Crippen LogP contribution in [0.15, 0.2) is 36.7 Å². The van der Waals surface area contributed by atoms with E-state index in [9.17, 15) is 5.11 Å². The van der Waals surface area contributed by atoms with Crippen LogP contribution in [0.5, 0.6) is 5.75 Å². The van der Waals surface area contributed by atoms with Crippen LogP contribution in [-0.4, -0.2) is 20.5 Å². The summed E-state index contributed by atoms with van der Waals surface area (Å²) < 4.78 is 0. The van der Waals surface area contributed by atoms with Crippen molar-refractivity contribution in [3.8, 4) is 16.9 Å². The quantitative estimate of drug-likeness (QED) is 0.704. The van der Waals surface area contributed by atoms with E-state index in [0.29, 0.717) is 5.56 Å². The fourth-order valence-electron chi connectivity index (χ4n) is 1.10. The Labute approximate surface area is 74.9 Å². The molecular formula is C9H7N3O. The molecule has 0 aliphatic heterocycles. The molecule has 2 aromatic rings. The van der Waals surface area contributed by atoms with E-state index in [-0.39, 0.29) is 5.75 Å². The van der Waals surface area contributed by atoms with Crippen molar-refractivity contribution in [2.75, 3.05) is 0 Å². The monoisotopic (exact) mass is 173 g/mol. The van der Waals surface area contributed by atoms with E-state index in [2.05, 4.69) is 15.4 Å². The molecule has 0 spiro atoms. The molecule has 0 radical (unpaired) electrons. The number of aromatic nitrogens is 3. The summed E-state index contributed by atoms with van der Waals surface area (Å²) in [4.78, 5) is 0. The Morgan fingerprint density at radius 3 is 2.38 bits per heavy atom. The van der Waals surface area contributed by atoms with E-state index >= 15 is 0 Å². The largest absolute Gasteiger partial charge is 0.507 e. The molecule has 2 rings (SSSR count). The minimum Gasteiger partial charge on any atom is -0.507 e. The van der Waals surface area contributed by atoms with Gasteiger partial charge < -0.3 is 5.11 Å². The minimum absolute atomic E-state index is 0.220. The number of para-hydroxylation sites is 1. The van der Waals surface area contributed by atoms with Crippen LogP contribution in [0.3, 0.4) is 0 Å². The van der Waals surface area contributed by atoms with Crippen molar-refractivity contribution in [1.82, 2.24) is 15.4 Å². The average molecular weight is 173 g/mol. The lowest BCUT2D eigenvalue weighted by Gasteiger charge is -2.01. The highest BCUT2D eigenvalue weighted by Crippen LogP contribution is 2.26. The maximum Gasteiger partial charge on any atom is 0.123 e. The van der Waals surface area contributed by atoms with Crippen molar-refractivity contribution in [2.24, 2.45) is 0 Å². The first-order chi connectivity index (χ1) is 6.38. The van der Waals surface area contributed by atoms with Crippen molar-refractivity contribution >= 4 is 0 Å². The molecule has 0 aliphatic carbocycles. The molecule has 4 nitrogen and oxygen atoms in total. The molecule has 1 N–H and O–H groups in total. The van der Waals surface area contributed by atoms with Crippen LogP contribution in [-0.2, 0) is 0 Å². The molecule has 0 unspecified atom stereocenters. The van der Waals surface area contributed by atoms with E-state index < -0.39 is 0 Å². The van der Waals surface area contributed by atoms with Crippen molar-refractivity contribution in [1.29, 1.82) is 0 Å². The first-order valence-electron chi connectivity index (χ1n) is 3.79. The third-order valence-corrected chi connectivity index (χ3v) is 1.71. The zero-order chi connectivity index (χ0) is 9.10. The van der Waals surface area contributed by atoms with Gasteiger partial charge in [0.15, 0.2) is 0 Å². The number of aromatic hydroxyl groups is 1. The molecule has 0 aliphatic rings. The molecule has 64 valence electrons. The van der Waals surface area contributed by atoms with Crippen LogP contribution in [0.1, 0.15) is 0 Å². The highest BCUT2D eigenvalue weighted by atomic mass is 16.3. The molecule has 0 atom stereocenters. The zero-order valence-corrected chi connectivity index (χ0v) is 6.75. The van der Waals surface area contributed by atoms with Crippen molar-refractivity contribution in [3.05, 3.63) is 36.7 Å². The van der Waals surface area contributed by atoms with Crippen molar-refractivity contribution in [2.45, 2.75) is 0 Å². The zero-order valence-electron chi connectivity index (χ0n) is 6.75. The molecule has 0 bridgehead atoms. The summed E-state index contributed by atoms with van der Waals surface area (Å²) in [6.07, 6.45) is 3.12. The molecule has 13 heavy (non-hydrogen) atoms. The predicted molar refractivity (Wildman–Crippen MR) is 46.9 cm³/mol. The molecule has 0 saturated carbocycles. The number of nitrogens with zero attached hydrogens (tertiary/aromatic N) is 3. The lowest BCUT2D eigenvalue weighted by Crippen LogP contribution is -1.86. The number of hydrogen-bond donors (Lipinski definition) is 1. The van der Waals surface area contributed by atoms with Gasteiger partial charge in [0, 0.05) is 11.1 Å². The number of phenolic OH excluding ortho intramolecular Hbond substituents is 1. The van der Waals surface area contributed by atoms with Gasteiger partial charge >= 0.3 is 0 Å². The lowest BCUT2D eigenvalue weighted by molar-refractivity contribution is 0.477. The molecule has 1 heterocycles. The smallest absolute Gasteiger partial charge is 0.123 e. The standard InChI is InChI=1S/C9H7N3O/c13-9-4-2-1-3-8(9)7-5-10-12-11-6-7/h1-6,13H. The van der Waals surface area contributed by atoms with Crippen molar-refractivity contribution < 1.29 is 5.11 Å².